The maximum absolute atomic E-state index is 5.88. The molecular weight excluding hydrogens is 288 g/mol. The second-order valence-corrected chi connectivity index (χ2v) is 5.99. The normalized spacial score (nSPS) is 24.6. The Morgan fingerprint density at radius 1 is 1.69 bits per heavy atom. The summed E-state index contributed by atoms with van der Waals surface area (Å²) in [7, 11) is 0. The number of furan rings is 1. The lowest BCUT2D eigenvalue weighted by atomic mass is 10.1. The lowest BCUT2D eigenvalue weighted by Gasteiger charge is -2.37. The lowest BCUT2D eigenvalue weighted by Crippen LogP contribution is -2.45. The van der Waals surface area contributed by atoms with Gasteiger partial charge in [0.1, 0.15) is 5.76 Å². The van der Waals surface area contributed by atoms with E-state index in [1.165, 1.54) is 11.5 Å². The van der Waals surface area contributed by atoms with Crippen molar-refractivity contribution in [3.63, 3.8) is 0 Å². The zero-order valence-electron chi connectivity index (χ0n) is 9.36. The Morgan fingerprint density at radius 3 is 3.06 bits per heavy atom. The summed E-state index contributed by atoms with van der Waals surface area (Å²) in [6.45, 7) is 3.95. The number of hydrogen-bond donors (Lipinski definition) is 1. The van der Waals surface area contributed by atoms with Crippen LogP contribution >= 0.6 is 27.7 Å². The minimum atomic E-state index is 0.210. The Hall–Kier alpha value is 0.0300. The van der Waals surface area contributed by atoms with Crippen LogP contribution in [0.2, 0.25) is 0 Å². The molecule has 1 aliphatic rings. The summed E-state index contributed by atoms with van der Waals surface area (Å²) < 4.78 is 6.40. The average molecular weight is 305 g/mol. The first kappa shape index (κ1) is 12.5. The van der Waals surface area contributed by atoms with Crippen molar-refractivity contribution in [3.8, 4) is 0 Å². The molecule has 2 unspecified atom stereocenters. The molecule has 90 valence electrons. The van der Waals surface area contributed by atoms with Crippen LogP contribution in [-0.2, 0) is 0 Å². The maximum atomic E-state index is 5.88. The summed E-state index contributed by atoms with van der Waals surface area (Å²) in [5.41, 5.74) is 5.88. The molecule has 3 nitrogen and oxygen atoms in total. The highest BCUT2D eigenvalue weighted by atomic mass is 79.9. The van der Waals surface area contributed by atoms with Crippen LogP contribution in [0.15, 0.2) is 21.2 Å². The fourth-order valence-corrected chi connectivity index (χ4v) is 3.48. The van der Waals surface area contributed by atoms with Crippen LogP contribution in [0.25, 0.3) is 0 Å². The van der Waals surface area contributed by atoms with Gasteiger partial charge in [0, 0.05) is 30.6 Å². The van der Waals surface area contributed by atoms with E-state index in [9.17, 15) is 0 Å². The van der Waals surface area contributed by atoms with E-state index in [0.717, 1.165) is 17.0 Å². The summed E-state index contributed by atoms with van der Waals surface area (Å²) in [6.07, 6.45) is 0. The predicted molar refractivity (Wildman–Crippen MR) is 71.7 cm³/mol. The van der Waals surface area contributed by atoms with Gasteiger partial charge in [-0.2, -0.15) is 11.8 Å². The number of halogens is 1. The Labute approximate surface area is 109 Å². The first-order chi connectivity index (χ1) is 7.72. The first-order valence-corrected chi connectivity index (χ1v) is 7.46. The van der Waals surface area contributed by atoms with Crippen molar-refractivity contribution in [1.29, 1.82) is 0 Å². The second kappa shape index (κ2) is 5.58. The van der Waals surface area contributed by atoms with E-state index in [4.69, 9.17) is 10.2 Å². The lowest BCUT2D eigenvalue weighted by molar-refractivity contribution is 0.146. The van der Waals surface area contributed by atoms with Crippen molar-refractivity contribution in [2.24, 2.45) is 5.73 Å². The molecular formula is C11H17BrN2OS. The monoisotopic (exact) mass is 304 g/mol. The zero-order chi connectivity index (χ0) is 11.5. The maximum Gasteiger partial charge on any atom is 0.169 e. The van der Waals surface area contributed by atoms with Crippen LogP contribution in [0, 0.1) is 0 Å². The third kappa shape index (κ3) is 2.64. The Kier molecular flexibility index (Phi) is 4.35. The minimum Gasteiger partial charge on any atom is -0.453 e. The summed E-state index contributed by atoms with van der Waals surface area (Å²) in [6, 6.07) is 4.72. The van der Waals surface area contributed by atoms with Gasteiger partial charge in [-0.1, -0.05) is 0 Å². The van der Waals surface area contributed by atoms with Gasteiger partial charge in [-0.15, -0.1) is 0 Å². The Balaban J connectivity index is 2.14. The number of nitrogens with zero attached hydrogens (tertiary/aromatic N) is 1. The van der Waals surface area contributed by atoms with E-state index in [-0.39, 0.29) is 6.04 Å². The number of hydrogen-bond acceptors (Lipinski definition) is 4. The van der Waals surface area contributed by atoms with Crippen molar-refractivity contribution in [2.75, 3.05) is 24.6 Å². The van der Waals surface area contributed by atoms with Crippen LogP contribution in [-0.4, -0.2) is 35.5 Å². The summed E-state index contributed by atoms with van der Waals surface area (Å²) in [4.78, 5) is 2.45. The molecule has 1 aromatic rings. The Morgan fingerprint density at radius 2 is 2.50 bits per heavy atom. The molecule has 2 rings (SSSR count). The van der Waals surface area contributed by atoms with Crippen molar-refractivity contribution in [2.45, 2.75) is 19.0 Å². The van der Waals surface area contributed by atoms with Gasteiger partial charge < -0.3 is 10.2 Å². The molecule has 2 heterocycles. The predicted octanol–water partition coefficient (Wildman–Crippen LogP) is 2.48. The summed E-state index contributed by atoms with van der Waals surface area (Å²) >= 11 is 5.35. The molecule has 5 heteroatoms. The fourth-order valence-electron chi connectivity index (χ4n) is 2.13. The third-order valence-electron chi connectivity index (χ3n) is 2.97. The molecule has 16 heavy (non-hydrogen) atoms. The van der Waals surface area contributed by atoms with E-state index >= 15 is 0 Å². The van der Waals surface area contributed by atoms with Gasteiger partial charge in [-0.25, -0.2) is 0 Å². The molecule has 2 N–H and O–H groups in total. The van der Waals surface area contributed by atoms with E-state index in [0.29, 0.717) is 12.6 Å². The number of nitrogens with two attached hydrogens (primary N) is 1. The molecule has 1 fully saturated rings. The quantitative estimate of drug-likeness (QED) is 0.931. The molecule has 0 radical (unpaired) electrons. The molecule has 1 aromatic heterocycles. The van der Waals surface area contributed by atoms with Gasteiger partial charge in [0.15, 0.2) is 4.67 Å². The van der Waals surface area contributed by atoms with Crippen LogP contribution in [0.4, 0.5) is 0 Å². The van der Waals surface area contributed by atoms with Gasteiger partial charge >= 0.3 is 0 Å². The molecule has 0 bridgehead atoms. The minimum absolute atomic E-state index is 0.210. The highest BCUT2D eigenvalue weighted by Crippen LogP contribution is 2.29. The van der Waals surface area contributed by atoms with E-state index in [1.54, 1.807) is 0 Å². The van der Waals surface area contributed by atoms with E-state index < -0.39 is 0 Å². The standard InChI is InChI=1S/C11H17BrN2OS/c1-8-7-16-5-4-14(8)9(6-13)10-2-3-11(12)15-10/h2-3,8-9H,4-7,13H2,1H3. The third-order valence-corrected chi connectivity index (χ3v) is 4.58. The van der Waals surface area contributed by atoms with Crippen LogP contribution in [0.1, 0.15) is 18.7 Å². The first-order valence-electron chi connectivity index (χ1n) is 5.51. The molecule has 1 saturated heterocycles. The van der Waals surface area contributed by atoms with Crippen molar-refractivity contribution in [1.82, 2.24) is 4.90 Å². The zero-order valence-corrected chi connectivity index (χ0v) is 11.8. The number of rotatable bonds is 3. The SMILES string of the molecule is CC1CSCCN1C(CN)c1ccc(Br)o1. The summed E-state index contributed by atoms with van der Waals surface area (Å²) in [5.74, 6) is 3.33. The number of thioether (sulfide) groups is 1. The van der Waals surface area contributed by atoms with Crippen molar-refractivity contribution < 1.29 is 4.42 Å². The summed E-state index contributed by atoms with van der Waals surface area (Å²) in [5, 5.41) is 0. The molecule has 0 aliphatic carbocycles. The molecule has 0 spiro atoms. The highest BCUT2D eigenvalue weighted by Gasteiger charge is 2.28. The van der Waals surface area contributed by atoms with Crippen molar-refractivity contribution in [3.05, 3.63) is 22.6 Å². The molecule has 1 aliphatic heterocycles. The van der Waals surface area contributed by atoms with E-state index in [2.05, 4.69) is 27.8 Å². The van der Waals surface area contributed by atoms with Gasteiger partial charge in [-0.3, -0.25) is 4.90 Å². The highest BCUT2D eigenvalue weighted by molar-refractivity contribution is 9.10. The average Bonchev–Trinajstić information content (AvgIpc) is 2.69. The van der Waals surface area contributed by atoms with Crippen LogP contribution in [0.5, 0.6) is 0 Å². The smallest absolute Gasteiger partial charge is 0.169 e. The molecule has 2 atom stereocenters. The Bertz CT molecular complexity index is 344. The van der Waals surface area contributed by atoms with Gasteiger partial charge in [0.05, 0.1) is 6.04 Å². The van der Waals surface area contributed by atoms with Crippen LogP contribution < -0.4 is 5.73 Å². The van der Waals surface area contributed by atoms with Crippen molar-refractivity contribution >= 4 is 27.7 Å². The van der Waals surface area contributed by atoms with Crippen LogP contribution in [0.3, 0.4) is 0 Å². The van der Waals surface area contributed by atoms with Gasteiger partial charge in [0.2, 0.25) is 0 Å². The fraction of sp³-hybridized carbons (Fsp3) is 0.636. The van der Waals surface area contributed by atoms with E-state index in [1.807, 2.05) is 23.9 Å². The molecule has 0 aromatic carbocycles. The second-order valence-electron chi connectivity index (χ2n) is 4.06. The van der Waals surface area contributed by atoms with Gasteiger partial charge in [-0.05, 0) is 35.0 Å². The van der Waals surface area contributed by atoms with Gasteiger partial charge in [0.25, 0.3) is 0 Å². The molecule has 0 amide bonds. The largest absolute Gasteiger partial charge is 0.453 e. The topological polar surface area (TPSA) is 42.4 Å². The molecule has 0 saturated carbocycles.